The zero-order valence-corrected chi connectivity index (χ0v) is 16.2. The summed E-state index contributed by atoms with van der Waals surface area (Å²) < 4.78 is 34.0. The van der Waals surface area contributed by atoms with Gasteiger partial charge in [0.1, 0.15) is 5.75 Å². The van der Waals surface area contributed by atoms with Crippen molar-refractivity contribution in [1.29, 1.82) is 0 Å². The molecular formula is C21H24N2O3S. The summed E-state index contributed by atoms with van der Waals surface area (Å²) in [5.41, 5.74) is 0.905. The lowest BCUT2D eigenvalue weighted by molar-refractivity contribution is 0.336. The fraction of sp³-hybridized carbons (Fsp3) is 0.333. The number of methoxy groups -OCH3 is 1. The maximum absolute atomic E-state index is 13.3. The van der Waals surface area contributed by atoms with Crippen molar-refractivity contribution in [3.63, 3.8) is 0 Å². The third-order valence-electron chi connectivity index (χ3n) is 5.31. The topological polar surface area (TPSA) is 60.3 Å². The normalized spacial score (nSPS) is 15.9. The quantitative estimate of drug-likeness (QED) is 0.732. The maximum atomic E-state index is 13.3. The van der Waals surface area contributed by atoms with Crippen LogP contribution in [0.1, 0.15) is 12.8 Å². The van der Waals surface area contributed by atoms with Gasteiger partial charge in [-0.1, -0.05) is 18.2 Å². The molecule has 1 aliphatic heterocycles. The molecule has 27 heavy (non-hydrogen) atoms. The molecule has 1 N–H and O–H groups in total. The summed E-state index contributed by atoms with van der Waals surface area (Å²) in [5, 5.41) is 4.13. The van der Waals surface area contributed by atoms with Crippen LogP contribution in [0.3, 0.4) is 0 Å². The molecule has 6 heteroatoms. The summed E-state index contributed by atoms with van der Waals surface area (Å²) in [5.74, 6) is 1.27. The van der Waals surface area contributed by atoms with E-state index in [4.69, 9.17) is 4.74 Å². The first kappa shape index (κ1) is 18.1. The summed E-state index contributed by atoms with van der Waals surface area (Å²) in [4.78, 5) is 0.682. The van der Waals surface area contributed by atoms with Crippen molar-refractivity contribution >= 4 is 20.7 Å². The zero-order chi connectivity index (χ0) is 18.9. The van der Waals surface area contributed by atoms with Crippen molar-refractivity contribution < 1.29 is 13.2 Å². The zero-order valence-electron chi connectivity index (χ0n) is 15.4. The largest absolute Gasteiger partial charge is 0.497 e. The number of hydrogen-bond acceptors (Lipinski definition) is 4. The fourth-order valence-corrected chi connectivity index (χ4v) is 5.30. The number of sulfone groups is 1. The van der Waals surface area contributed by atoms with Crippen LogP contribution >= 0.6 is 0 Å². The van der Waals surface area contributed by atoms with E-state index in [2.05, 4.69) is 9.88 Å². The van der Waals surface area contributed by atoms with E-state index in [1.165, 1.54) is 0 Å². The average molecular weight is 385 g/mol. The van der Waals surface area contributed by atoms with Gasteiger partial charge in [0, 0.05) is 24.2 Å². The highest BCUT2D eigenvalue weighted by Crippen LogP contribution is 2.33. The summed E-state index contributed by atoms with van der Waals surface area (Å²) >= 11 is 0. The summed E-state index contributed by atoms with van der Waals surface area (Å²) in [6, 6.07) is 14.2. The van der Waals surface area contributed by atoms with Gasteiger partial charge in [0.05, 0.1) is 22.4 Å². The van der Waals surface area contributed by atoms with Crippen LogP contribution in [-0.4, -0.2) is 33.2 Å². The molecule has 1 saturated heterocycles. The Morgan fingerprint density at radius 3 is 2.56 bits per heavy atom. The Bertz CT molecular complexity index is 1040. The Labute approximate surface area is 159 Å². The van der Waals surface area contributed by atoms with E-state index in [1.54, 1.807) is 37.6 Å². The van der Waals surface area contributed by atoms with Crippen LogP contribution in [0.2, 0.25) is 0 Å². The van der Waals surface area contributed by atoms with Gasteiger partial charge in [0.15, 0.2) is 0 Å². The number of piperidine rings is 1. The smallest absolute Gasteiger partial charge is 0.208 e. The highest BCUT2D eigenvalue weighted by Gasteiger charge is 2.24. The van der Waals surface area contributed by atoms with Gasteiger partial charge >= 0.3 is 0 Å². The molecule has 0 atom stereocenters. The fourth-order valence-electron chi connectivity index (χ4n) is 3.80. The van der Waals surface area contributed by atoms with Crippen molar-refractivity contribution in [2.45, 2.75) is 29.2 Å². The minimum atomic E-state index is -3.58. The van der Waals surface area contributed by atoms with Crippen molar-refractivity contribution in [2.75, 3.05) is 20.2 Å². The van der Waals surface area contributed by atoms with E-state index in [0.717, 1.165) is 49.1 Å². The number of nitrogens with one attached hydrogen (secondary N) is 1. The van der Waals surface area contributed by atoms with Crippen LogP contribution in [0.4, 0.5) is 0 Å². The molecule has 1 aromatic heterocycles. The number of rotatable bonds is 5. The number of hydrogen-bond donors (Lipinski definition) is 1. The standard InChI is InChI=1S/C21H24N2O3S/c1-26-17-7-8-19-20(13-17)23(14-16-9-11-22-12-10-16)15-21(19)27(24,25)18-5-3-2-4-6-18/h2-8,13,15-16,22H,9-12,14H2,1H3. The van der Waals surface area contributed by atoms with Gasteiger partial charge in [-0.25, -0.2) is 8.42 Å². The van der Waals surface area contributed by atoms with Gasteiger partial charge in [-0.2, -0.15) is 0 Å². The Kier molecular flexibility index (Phi) is 4.93. The van der Waals surface area contributed by atoms with Gasteiger partial charge in [0.2, 0.25) is 9.84 Å². The molecule has 0 radical (unpaired) electrons. The molecule has 0 unspecified atom stereocenters. The van der Waals surface area contributed by atoms with Crippen LogP contribution < -0.4 is 10.1 Å². The number of fused-ring (bicyclic) bond motifs is 1. The molecule has 0 aliphatic carbocycles. The Balaban J connectivity index is 1.83. The molecule has 0 saturated carbocycles. The van der Waals surface area contributed by atoms with Gasteiger partial charge in [-0.3, -0.25) is 0 Å². The van der Waals surface area contributed by atoms with Crippen LogP contribution in [0.5, 0.6) is 5.75 Å². The monoisotopic (exact) mass is 384 g/mol. The lowest BCUT2D eigenvalue weighted by atomic mass is 9.98. The highest BCUT2D eigenvalue weighted by atomic mass is 32.2. The lowest BCUT2D eigenvalue weighted by Crippen LogP contribution is -2.29. The molecule has 4 rings (SSSR count). The second-order valence-corrected chi connectivity index (χ2v) is 8.96. The Morgan fingerprint density at radius 2 is 1.85 bits per heavy atom. The van der Waals surface area contributed by atoms with Gasteiger partial charge in [-0.05, 0) is 56.1 Å². The third kappa shape index (κ3) is 3.47. The molecule has 2 aromatic carbocycles. The first-order valence-electron chi connectivity index (χ1n) is 9.27. The van der Waals surface area contributed by atoms with Crippen molar-refractivity contribution in [3.8, 4) is 5.75 Å². The summed E-state index contributed by atoms with van der Waals surface area (Å²) in [7, 11) is -1.95. The molecule has 1 aliphatic rings. The molecule has 2 heterocycles. The van der Waals surface area contributed by atoms with Crippen LogP contribution in [0, 0.1) is 5.92 Å². The molecule has 0 amide bonds. The van der Waals surface area contributed by atoms with Crippen LogP contribution in [0.15, 0.2) is 64.5 Å². The van der Waals surface area contributed by atoms with Crippen molar-refractivity contribution in [1.82, 2.24) is 9.88 Å². The van der Waals surface area contributed by atoms with Gasteiger partial charge in [0.25, 0.3) is 0 Å². The van der Waals surface area contributed by atoms with E-state index in [9.17, 15) is 8.42 Å². The van der Waals surface area contributed by atoms with E-state index in [-0.39, 0.29) is 0 Å². The van der Waals surface area contributed by atoms with E-state index >= 15 is 0 Å². The minimum Gasteiger partial charge on any atom is -0.497 e. The number of nitrogens with zero attached hydrogens (tertiary/aromatic N) is 1. The SMILES string of the molecule is COc1ccc2c(S(=O)(=O)c3ccccc3)cn(CC3CCNCC3)c2c1. The number of ether oxygens (including phenoxy) is 1. The van der Waals surface area contributed by atoms with E-state index < -0.39 is 9.84 Å². The summed E-state index contributed by atoms with van der Waals surface area (Å²) in [6.45, 7) is 2.85. The number of aromatic nitrogens is 1. The second kappa shape index (κ2) is 7.37. The third-order valence-corrected chi connectivity index (χ3v) is 7.11. The molecular weight excluding hydrogens is 360 g/mol. The molecule has 0 bridgehead atoms. The summed E-state index contributed by atoms with van der Waals surface area (Å²) in [6.07, 6.45) is 4.00. The van der Waals surface area contributed by atoms with Crippen molar-refractivity contribution in [3.05, 3.63) is 54.7 Å². The molecule has 3 aromatic rings. The first-order chi connectivity index (χ1) is 13.1. The molecule has 1 fully saturated rings. The van der Waals surface area contributed by atoms with Crippen LogP contribution in [-0.2, 0) is 16.4 Å². The molecule has 5 nitrogen and oxygen atoms in total. The van der Waals surface area contributed by atoms with Crippen LogP contribution in [0.25, 0.3) is 10.9 Å². The van der Waals surface area contributed by atoms with Crippen molar-refractivity contribution in [2.24, 2.45) is 5.92 Å². The predicted octanol–water partition coefficient (Wildman–Crippen LogP) is 3.48. The molecule has 0 spiro atoms. The van der Waals surface area contributed by atoms with Gasteiger partial charge < -0.3 is 14.6 Å². The average Bonchev–Trinajstić information content (AvgIpc) is 3.08. The van der Waals surface area contributed by atoms with E-state index in [0.29, 0.717) is 15.7 Å². The Hall–Kier alpha value is -2.31. The second-order valence-electron chi connectivity index (χ2n) is 7.04. The lowest BCUT2D eigenvalue weighted by Gasteiger charge is -2.23. The number of benzene rings is 2. The van der Waals surface area contributed by atoms with E-state index in [1.807, 2.05) is 24.3 Å². The molecule has 142 valence electrons. The maximum Gasteiger partial charge on any atom is 0.208 e. The highest BCUT2D eigenvalue weighted by molar-refractivity contribution is 7.91. The first-order valence-corrected chi connectivity index (χ1v) is 10.8. The Morgan fingerprint density at radius 1 is 1.11 bits per heavy atom. The van der Waals surface area contributed by atoms with Gasteiger partial charge in [-0.15, -0.1) is 0 Å². The predicted molar refractivity (Wildman–Crippen MR) is 106 cm³/mol. The minimum absolute atomic E-state index is 0.321.